The van der Waals surface area contributed by atoms with Gasteiger partial charge < -0.3 is 36.5 Å². The molecule has 18 nitrogen and oxygen atoms in total. The number of carbonyl (C=O) groups is 2. The minimum atomic E-state index is -0.371. The Kier molecular flexibility index (Phi) is 14.9. The van der Waals surface area contributed by atoms with Crippen LogP contribution in [0.2, 0.25) is 0 Å². The van der Waals surface area contributed by atoms with Crippen LogP contribution in [0.1, 0.15) is 49.5 Å². The van der Waals surface area contributed by atoms with Crippen molar-refractivity contribution in [2.75, 3.05) is 24.7 Å². The number of allylic oxidation sites excluding steroid dienone is 2. The number of nitrogens with zero attached hydrogens (tertiary/aromatic N) is 9. The highest BCUT2D eigenvalue weighted by Gasteiger charge is 2.18. The predicted molar refractivity (Wildman–Crippen MR) is 196 cm³/mol. The quantitative estimate of drug-likeness (QED) is 0.0848. The summed E-state index contributed by atoms with van der Waals surface area (Å²) < 4.78 is 2.37. The van der Waals surface area contributed by atoms with Crippen LogP contribution in [0.5, 0.6) is 0 Å². The molecule has 51 heavy (non-hydrogen) atoms. The van der Waals surface area contributed by atoms with E-state index in [4.69, 9.17) is 11.5 Å². The summed E-state index contributed by atoms with van der Waals surface area (Å²) in [5.41, 5.74) is 14.5. The molecule has 0 spiro atoms. The maximum absolute atomic E-state index is 12.0. The molecule has 0 fully saturated rings. The SMILES string of the molecule is C/C(=C(\CCO)SS/C(CCO)=C(/C)N(C=O)Cc1cnc(C)nc1N)N(C=O)Cc1cnc(C)nc1N.Cn1c(=O)c2[nH]cnc2n(C)c1=O. The Labute approximate surface area is 301 Å². The van der Waals surface area contributed by atoms with Crippen molar-refractivity contribution < 1.29 is 19.8 Å². The minimum Gasteiger partial charge on any atom is -0.396 e. The molecule has 0 aromatic carbocycles. The lowest BCUT2D eigenvalue weighted by Gasteiger charge is -2.24. The topological polar surface area (TPSA) is 257 Å². The number of hydrogen-bond acceptors (Lipinski definition) is 15. The zero-order chi connectivity index (χ0) is 37.8. The van der Waals surface area contributed by atoms with Gasteiger partial charge in [0, 0.05) is 84.9 Å². The number of nitrogens with two attached hydrogens (primary N) is 2. The van der Waals surface area contributed by atoms with E-state index < -0.39 is 0 Å². The lowest BCUT2D eigenvalue weighted by Crippen LogP contribution is -2.36. The van der Waals surface area contributed by atoms with Crippen LogP contribution in [0.3, 0.4) is 0 Å². The van der Waals surface area contributed by atoms with Crippen molar-refractivity contribution in [3.8, 4) is 0 Å². The average molecular weight is 743 g/mol. The molecule has 0 unspecified atom stereocenters. The molecule has 0 bridgehead atoms. The minimum absolute atomic E-state index is 0.131. The van der Waals surface area contributed by atoms with Crippen molar-refractivity contribution in [2.45, 2.75) is 53.6 Å². The smallest absolute Gasteiger partial charge is 0.332 e. The number of nitrogen functional groups attached to an aromatic ring is 2. The van der Waals surface area contributed by atoms with Crippen LogP contribution in [0.15, 0.2) is 49.5 Å². The Bertz CT molecular complexity index is 1950. The number of hydrogen-bond donors (Lipinski definition) is 5. The third kappa shape index (κ3) is 10.2. The van der Waals surface area contributed by atoms with E-state index in [2.05, 4.69) is 29.9 Å². The van der Waals surface area contributed by atoms with Gasteiger partial charge >= 0.3 is 5.69 Å². The highest BCUT2D eigenvalue weighted by molar-refractivity contribution is 8.79. The number of rotatable bonds is 15. The largest absolute Gasteiger partial charge is 0.396 e. The van der Waals surface area contributed by atoms with Gasteiger partial charge in [-0.1, -0.05) is 21.6 Å². The van der Waals surface area contributed by atoms with Crippen molar-refractivity contribution in [1.29, 1.82) is 0 Å². The van der Waals surface area contributed by atoms with Gasteiger partial charge in [-0.2, -0.15) is 0 Å². The first kappa shape index (κ1) is 40.4. The second kappa shape index (κ2) is 18.8. The molecule has 4 aromatic heterocycles. The van der Waals surface area contributed by atoms with Crippen LogP contribution in [0, 0.1) is 13.8 Å². The third-order valence-electron chi connectivity index (χ3n) is 7.59. The van der Waals surface area contributed by atoms with Crippen LogP contribution in [-0.2, 0) is 36.8 Å². The number of nitrogens with one attached hydrogen (secondary N) is 1. The second-order valence-electron chi connectivity index (χ2n) is 11.1. The summed E-state index contributed by atoms with van der Waals surface area (Å²) in [6.07, 6.45) is 6.54. The Hall–Kier alpha value is -5.05. The summed E-state index contributed by atoms with van der Waals surface area (Å²) in [4.78, 5) is 74.3. The van der Waals surface area contributed by atoms with Gasteiger partial charge in [-0.25, -0.2) is 29.7 Å². The van der Waals surface area contributed by atoms with Gasteiger partial charge in [-0.3, -0.25) is 23.5 Å². The molecular weight excluding hydrogens is 701 g/mol. The van der Waals surface area contributed by atoms with E-state index in [9.17, 15) is 29.4 Å². The number of fused-ring (bicyclic) bond motifs is 1. The fraction of sp³-hybridized carbons (Fsp3) is 0.387. The third-order valence-corrected chi connectivity index (χ3v) is 10.5. The van der Waals surface area contributed by atoms with Gasteiger partial charge in [0.1, 0.15) is 28.8 Å². The maximum atomic E-state index is 12.0. The molecule has 4 heterocycles. The van der Waals surface area contributed by atoms with E-state index in [0.717, 1.165) is 14.4 Å². The van der Waals surface area contributed by atoms with E-state index in [1.165, 1.54) is 49.3 Å². The van der Waals surface area contributed by atoms with Gasteiger partial charge in [-0.15, -0.1) is 0 Å². The van der Waals surface area contributed by atoms with Crippen molar-refractivity contribution in [3.63, 3.8) is 0 Å². The number of H-pyrrole nitrogens is 1. The van der Waals surface area contributed by atoms with Crippen LogP contribution in [0.25, 0.3) is 11.2 Å². The molecule has 20 heteroatoms. The maximum Gasteiger partial charge on any atom is 0.332 e. The van der Waals surface area contributed by atoms with E-state index in [1.54, 1.807) is 47.1 Å². The number of carbonyl (C=O) groups excluding carboxylic acids is 2. The molecule has 274 valence electrons. The fourth-order valence-corrected chi connectivity index (χ4v) is 7.42. The Morgan fingerprint density at radius 1 is 0.824 bits per heavy atom. The Balaban J connectivity index is 0.000000446. The summed E-state index contributed by atoms with van der Waals surface area (Å²) in [5.74, 6) is 1.65. The molecule has 4 rings (SSSR count). The number of aliphatic hydroxyl groups excluding tert-OH is 2. The zero-order valence-corrected chi connectivity index (χ0v) is 30.8. The van der Waals surface area contributed by atoms with E-state index >= 15 is 0 Å². The van der Waals surface area contributed by atoms with Crippen molar-refractivity contribution in [1.82, 2.24) is 48.8 Å². The first-order valence-electron chi connectivity index (χ1n) is 15.4. The summed E-state index contributed by atoms with van der Waals surface area (Å²) in [6.45, 7) is 7.08. The molecule has 0 aliphatic carbocycles. The summed E-state index contributed by atoms with van der Waals surface area (Å²) in [5, 5.41) is 19.4. The van der Waals surface area contributed by atoms with Crippen LogP contribution in [-0.4, -0.2) is 85.1 Å². The van der Waals surface area contributed by atoms with E-state index in [-0.39, 0.29) is 37.6 Å². The normalized spacial score (nSPS) is 12.1. The second-order valence-corrected chi connectivity index (χ2v) is 13.4. The molecule has 0 saturated carbocycles. The molecule has 7 N–H and O–H groups in total. The molecule has 0 aliphatic heterocycles. The predicted octanol–water partition coefficient (Wildman–Crippen LogP) is 1.23. The lowest BCUT2D eigenvalue weighted by atomic mass is 10.2. The first-order valence-corrected chi connectivity index (χ1v) is 17.6. The molecule has 0 radical (unpaired) electrons. The number of aryl methyl sites for hydroxylation is 3. The van der Waals surface area contributed by atoms with Crippen molar-refractivity contribution >= 4 is 57.2 Å². The fourth-order valence-electron chi connectivity index (χ4n) is 4.56. The van der Waals surface area contributed by atoms with E-state index in [0.29, 0.717) is 82.6 Å². The van der Waals surface area contributed by atoms with Crippen LogP contribution in [0.4, 0.5) is 11.6 Å². The van der Waals surface area contributed by atoms with Crippen molar-refractivity contribution in [3.05, 3.63) is 83.5 Å². The summed E-state index contributed by atoms with van der Waals surface area (Å²) in [6, 6.07) is 0. The Morgan fingerprint density at radius 2 is 1.27 bits per heavy atom. The average Bonchev–Trinajstić information content (AvgIpc) is 3.61. The Morgan fingerprint density at radius 3 is 1.67 bits per heavy atom. The number of anilines is 2. The molecule has 0 aliphatic rings. The molecule has 0 saturated heterocycles. The number of imidazole rings is 1. The van der Waals surface area contributed by atoms with Gasteiger partial charge in [0.25, 0.3) is 5.56 Å². The van der Waals surface area contributed by atoms with Gasteiger partial charge in [0.05, 0.1) is 19.4 Å². The summed E-state index contributed by atoms with van der Waals surface area (Å²) >= 11 is 0. The van der Waals surface area contributed by atoms with Gasteiger partial charge in [0.15, 0.2) is 5.65 Å². The van der Waals surface area contributed by atoms with Crippen molar-refractivity contribution in [2.24, 2.45) is 14.1 Å². The zero-order valence-electron chi connectivity index (χ0n) is 29.2. The standard InChI is InChI=1S/C24H34N8O4S2.C7H8N4O2/c1-15(31(13-35)11-19-9-27-17(3)29-23(19)25)21(5-7-33)37-38-22(6-8-34)16(2)32(14-36)12-20-10-28-18(4)30-24(20)26;1-10-5-4(8-3-9-5)6(12)11(2)7(10)13/h9-10,13-14,33-34H,5-8,11-12H2,1-4H3,(H2,25,27,29)(H2,26,28,30);3H,1-2H3,(H,8,9)/b21-15-,22-16-;. The number of aromatic nitrogens is 8. The molecular formula is C31H42N12O6S2. The molecule has 0 atom stereocenters. The van der Waals surface area contributed by atoms with Gasteiger partial charge in [-0.05, 0) is 27.7 Å². The number of aliphatic hydroxyl groups is 2. The van der Waals surface area contributed by atoms with E-state index in [1.807, 2.05) is 0 Å². The van der Waals surface area contributed by atoms with Crippen LogP contribution >= 0.6 is 21.6 Å². The highest BCUT2D eigenvalue weighted by Crippen LogP contribution is 2.42. The highest BCUT2D eigenvalue weighted by atomic mass is 33.1. The monoisotopic (exact) mass is 742 g/mol. The molecule has 4 aromatic rings. The first-order chi connectivity index (χ1) is 24.3. The summed E-state index contributed by atoms with van der Waals surface area (Å²) in [7, 11) is 5.70. The van der Waals surface area contributed by atoms with Crippen LogP contribution < -0.4 is 22.7 Å². The lowest BCUT2D eigenvalue weighted by molar-refractivity contribution is -0.117. The number of amides is 2. The van der Waals surface area contributed by atoms with Gasteiger partial charge in [0.2, 0.25) is 12.8 Å². The molecule has 2 amide bonds. The number of aromatic amines is 1.